The molecule has 0 radical (unpaired) electrons. The average molecular weight is 236 g/mol. The smallest absolute Gasteiger partial charge is 0.0556 e. The Hall–Kier alpha value is -0.510. The van der Waals surface area contributed by atoms with Crippen molar-refractivity contribution in [1.29, 1.82) is 0 Å². The largest absolute Gasteiger partial charge is 0.370 e. The van der Waals surface area contributed by atoms with Crippen molar-refractivity contribution in [3.05, 3.63) is 24.0 Å². The van der Waals surface area contributed by atoms with Gasteiger partial charge in [-0.15, -0.1) is 24.8 Å². The Morgan fingerprint density at radius 1 is 1.29 bits per heavy atom. The van der Waals surface area contributed by atoms with Gasteiger partial charge in [0.15, 0.2) is 0 Å². The molecule has 2 rings (SSSR count). The van der Waals surface area contributed by atoms with Crippen LogP contribution in [-0.4, -0.2) is 18.1 Å². The molecule has 14 heavy (non-hydrogen) atoms. The number of pyridine rings is 1. The van der Waals surface area contributed by atoms with Crippen LogP contribution in [0.25, 0.3) is 0 Å². The number of hydrogen-bond donors (Lipinski definition) is 1. The quantitative estimate of drug-likeness (QED) is 0.847. The fourth-order valence-electron chi connectivity index (χ4n) is 1.33. The summed E-state index contributed by atoms with van der Waals surface area (Å²) in [6.07, 6.45) is 5.02. The van der Waals surface area contributed by atoms with E-state index in [1.807, 2.05) is 12.4 Å². The van der Waals surface area contributed by atoms with Gasteiger partial charge in [-0.3, -0.25) is 4.98 Å². The first kappa shape index (κ1) is 13.5. The topological polar surface area (TPSA) is 42.1 Å². The second-order valence-electron chi connectivity index (χ2n) is 3.10. The number of nitrogens with zero attached hydrogens (tertiary/aromatic N) is 2. The van der Waals surface area contributed by atoms with E-state index in [-0.39, 0.29) is 24.8 Å². The van der Waals surface area contributed by atoms with E-state index in [2.05, 4.69) is 16.0 Å². The number of rotatable bonds is 2. The van der Waals surface area contributed by atoms with Gasteiger partial charge in [-0.05, 0) is 18.1 Å². The molecule has 0 aromatic carbocycles. The number of halogens is 2. The van der Waals surface area contributed by atoms with E-state index in [0.29, 0.717) is 6.54 Å². The number of nitrogens with two attached hydrogens (primary N) is 1. The molecule has 2 N–H and O–H groups in total. The van der Waals surface area contributed by atoms with E-state index in [1.54, 1.807) is 0 Å². The molecule has 1 aromatic heterocycles. The van der Waals surface area contributed by atoms with Crippen LogP contribution >= 0.6 is 24.8 Å². The number of aromatic nitrogens is 1. The maximum absolute atomic E-state index is 5.52. The third kappa shape index (κ3) is 2.74. The molecule has 0 bridgehead atoms. The Morgan fingerprint density at radius 3 is 2.50 bits per heavy atom. The van der Waals surface area contributed by atoms with Crippen molar-refractivity contribution in [2.75, 3.05) is 18.0 Å². The molecule has 2 heterocycles. The highest BCUT2D eigenvalue weighted by Gasteiger charge is 2.14. The second kappa shape index (κ2) is 6.06. The minimum absolute atomic E-state index is 0. The van der Waals surface area contributed by atoms with Gasteiger partial charge < -0.3 is 10.6 Å². The van der Waals surface area contributed by atoms with Crippen molar-refractivity contribution >= 4 is 30.5 Å². The Labute approximate surface area is 96.5 Å². The molecule has 0 amide bonds. The van der Waals surface area contributed by atoms with Crippen LogP contribution < -0.4 is 10.6 Å². The highest BCUT2D eigenvalue weighted by Crippen LogP contribution is 2.19. The first-order valence-corrected chi connectivity index (χ1v) is 4.29. The van der Waals surface area contributed by atoms with E-state index in [1.165, 1.54) is 12.1 Å². The molecule has 0 unspecified atom stereocenters. The first-order chi connectivity index (χ1) is 5.90. The van der Waals surface area contributed by atoms with E-state index >= 15 is 0 Å². The molecule has 1 saturated heterocycles. The third-order valence-corrected chi connectivity index (χ3v) is 2.24. The molecule has 80 valence electrons. The molecule has 5 heteroatoms. The maximum atomic E-state index is 5.52. The fourth-order valence-corrected chi connectivity index (χ4v) is 1.33. The van der Waals surface area contributed by atoms with Gasteiger partial charge in [0.05, 0.1) is 11.9 Å². The van der Waals surface area contributed by atoms with Crippen LogP contribution in [0.4, 0.5) is 5.69 Å². The van der Waals surface area contributed by atoms with Gasteiger partial charge in [0.2, 0.25) is 0 Å². The highest BCUT2D eigenvalue weighted by atomic mass is 35.5. The van der Waals surface area contributed by atoms with E-state index in [9.17, 15) is 0 Å². The Morgan fingerprint density at radius 2 is 2.00 bits per heavy atom. The summed E-state index contributed by atoms with van der Waals surface area (Å²) in [7, 11) is 0. The van der Waals surface area contributed by atoms with Gasteiger partial charge in [0, 0.05) is 25.8 Å². The monoisotopic (exact) mass is 235 g/mol. The van der Waals surface area contributed by atoms with Gasteiger partial charge in [-0.25, -0.2) is 0 Å². The lowest BCUT2D eigenvalue weighted by Gasteiger charge is -2.32. The maximum Gasteiger partial charge on any atom is 0.0556 e. The number of hydrogen-bond acceptors (Lipinski definition) is 3. The molecule has 0 spiro atoms. The summed E-state index contributed by atoms with van der Waals surface area (Å²) in [5, 5.41) is 0. The van der Waals surface area contributed by atoms with Crippen molar-refractivity contribution in [2.24, 2.45) is 5.73 Å². The van der Waals surface area contributed by atoms with Gasteiger partial charge in [0.1, 0.15) is 0 Å². The van der Waals surface area contributed by atoms with Gasteiger partial charge in [-0.2, -0.15) is 0 Å². The van der Waals surface area contributed by atoms with Crippen molar-refractivity contribution < 1.29 is 0 Å². The molecule has 0 saturated carbocycles. The summed E-state index contributed by atoms with van der Waals surface area (Å²) < 4.78 is 0. The van der Waals surface area contributed by atoms with Crippen LogP contribution in [-0.2, 0) is 6.54 Å². The van der Waals surface area contributed by atoms with Gasteiger partial charge >= 0.3 is 0 Å². The van der Waals surface area contributed by atoms with Crippen molar-refractivity contribution in [1.82, 2.24) is 4.98 Å². The van der Waals surface area contributed by atoms with Crippen molar-refractivity contribution in [3.63, 3.8) is 0 Å². The lowest BCUT2D eigenvalue weighted by molar-refractivity contribution is 0.616. The molecule has 1 aromatic rings. The molecule has 1 aliphatic rings. The standard InChI is InChI=1S/C9H13N3.2ClH/c10-5-8-4-9(7-11-6-8)12-2-1-3-12;;/h4,6-7H,1-3,5,10H2;2*1H. The minimum atomic E-state index is 0. The van der Waals surface area contributed by atoms with Crippen LogP contribution in [0.5, 0.6) is 0 Å². The zero-order valence-corrected chi connectivity index (χ0v) is 9.48. The van der Waals surface area contributed by atoms with E-state index < -0.39 is 0 Å². The molecule has 0 aliphatic carbocycles. The van der Waals surface area contributed by atoms with Crippen molar-refractivity contribution in [2.45, 2.75) is 13.0 Å². The van der Waals surface area contributed by atoms with Gasteiger partial charge in [-0.1, -0.05) is 0 Å². The second-order valence-corrected chi connectivity index (χ2v) is 3.10. The molecular formula is C9H15Cl2N3. The molecule has 1 fully saturated rings. The molecular weight excluding hydrogens is 221 g/mol. The fraction of sp³-hybridized carbons (Fsp3) is 0.444. The summed E-state index contributed by atoms with van der Waals surface area (Å²) in [6, 6.07) is 2.12. The summed E-state index contributed by atoms with van der Waals surface area (Å²) in [4.78, 5) is 6.45. The lowest BCUT2D eigenvalue weighted by atomic mass is 10.2. The predicted octanol–water partition coefficient (Wildman–Crippen LogP) is 1.59. The van der Waals surface area contributed by atoms with Crippen LogP contribution in [0.2, 0.25) is 0 Å². The summed E-state index contributed by atoms with van der Waals surface area (Å²) in [5.41, 5.74) is 7.84. The summed E-state index contributed by atoms with van der Waals surface area (Å²) in [5.74, 6) is 0. The minimum Gasteiger partial charge on any atom is -0.370 e. The normalized spacial score (nSPS) is 13.6. The Bertz CT molecular complexity index is 277. The molecule has 1 aliphatic heterocycles. The van der Waals surface area contributed by atoms with Crippen LogP contribution in [0.1, 0.15) is 12.0 Å². The first-order valence-electron chi connectivity index (χ1n) is 4.29. The Kier molecular flexibility index (Phi) is 5.84. The predicted molar refractivity (Wildman–Crippen MR) is 63.5 cm³/mol. The average Bonchev–Trinajstić information content (AvgIpc) is 2.02. The van der Waals surface area contributed by atoms with E-state index in [0.717, 1.165) is 18.7 Å². The SMILES string of the molecule is Cl.Cl.NCc1cncc(N2CCC2)c1. The van der Waals surface area contributed by atoms with Gasteiger partial charge in [0.25, 0.3) is 0 Å². The third-order valence-electron chi connectivity index (χ3n) is 2.24. The van der Waals surface area contributed by atoms with E-state index in [4.69, 9.17) is 5.73 Å². The Balaban J connectivity index is 0.000000845. The number of anilines is 1. The molecule has 3 nitrogen and oxygen atoms in total. The lowest BCUT2D eigenvalue weighted by Crippen LogP contribution is -2.37. The van der Waals surface area contributed by atoms with Crippen LogP contribution in [0.15, 0.2) is 18.5 Å². The van der Waals surface area contributed by atoms with Crippen LogP contribution in [0.3, 0.4) is 0 Å². The zero-order valence-electron chi connectivity index (χ0n) is 7.85. The summed E-state index contributed by atoms with van der Waals surface area (Å²) >= 11 is 0. The highest BCUT2D eigenvalue weighted by molar-refractivity contribution is 5.85. The van der Waals surface area contributed by atoms with Crippen molar-refractivity contribution in [3.8, 4) is 0 Å². The van der Waals surface area contributed by atoms with Crippen LogP contribution in [0, 0.1) is 0 Å². The zero-order chi connectivity index (χ0) is 8.39. The molecule has 0 atom stereocenters. The summed E-state index contributed by atoms with van der Waals surface area (Å²) in [6.45, 7) is 2.90.